The van der Waals surface area contributed by atoms with E-state index in [1.807, 2.05) is 0 Å². The summed E-state index contributed by atoms with van der Waals surface area (Å²) in [5, 5.41) is 6.17. The topological polar surface area (TPSA) is 64.7 Å². The van der Waals surface area contributed by atoms with Crippen LogP contribution in [0.1, 0.15) is 15.2 Å². The number of hydrogen-bond donors (Lipinski definition) is 1. The minimum absolute atomic E-state index is 0.0812. The van der Waals surface area contributed by atoms with Gasteiger partial charge >= 0.3 is 5.97 Å². The Labute approximate surface area is 123 Å². The molecule has 2 rings (SSSR count). The zero-order valence-corrected chi connectivity index (χ0v) is 11.8. The molecule has 0 aliphatic carbocycles. The lowest BCUT2D eigenvalue weighted by Crippen LogP contribution is -2.15. The average molecular weight is 315 g/mol. The van der Waals surface area contributed by atoms with Crippen LogP contribution in [0, 0.1) is 0 Å². The Bertz CT molecular complexity index is 623. The Morgan fingerprint density at radius 2 is 1.89 bits per heavy atom. The second-order valence-corrected chi connectivity index (χ2v) is 5.22. The van der Waals surface area contributed by atoms with Crippen LogP contribution in [0.3, 0.4) is 0 Å². The molecule has 0 aliphatic rings. The summed E-state index contributed by atoms with van der Waals surface area (Å²) < 4.78 is 0. The Morgan fingerprint density at radius 3 is 2.47 bits per heavy atom. The highest BCUT2D eigenvalue weighted by molar-refractivity contribution is 7.12. The fourth-order valence-electron chi connectivity index (χ4n) is 1.24. The number of amidine groups is 1. The molecule has 0 bridgehead atoms. The molecule has 4 nitrogen and oxygen atoms in total. The van der Waals surface area contributed by atoms with Crippen LogP contribution in [-0.2, 0) is 4.84 Å². The molecule has 1 heterocycles. The van der Waals surface area contributed by atoms with Gasteiger partial charge < -0.3 is 10.6 Å². The zero-order valence-electron chi connectivity index (χ0n) is 9.47. The van der Waals surface area contributed by atoms with Gasteiger partial charge in [0.2, 0.25) is 0 Å². The molecule has 1 aromatic heterocycles. The van der Waals surface area contributed by atoms with Crippen molar-refractivity contribution in [2.45, 2.75) is 0 Å². The number of nitrogens with zero attached hydrogens (tertiary/aromatic N) is 1. The molecule has 0 radical (unpaired) electrons. The lowest BCUT2D eigenvalue weighted by Gasteiger charge is -2.00. The lowest BCUT2D eigenvalue weighted by molar-refractivity contribution is 0.0522. The maximum Gasteiger partial charge on any atom is 0.377 e. The fraction of sp³-hybridized carbons (Fsp3) is 0. The van der Waals surface area contributed by atoms with E-state index >= 15 is 0 Å². The van der Waals surface area contributed by atoms with Gasteiger partial charge in [-0.25, -0.2) is 4.79 Å². The van der Waals surface area contributed by atoms with Gasteiger partial charge in [-0.05, 0) is 35.7 Å². The standard InChI is InChI=1S/C12H8Cl2N2O2S/c13-8-3-1-7(2-4-8)11(15)16-18-12(17)10-9(14)5-6-19-10/h1-6H,(H2,15,16). The van der Waals surface area contributed by atoms with E-state index in [1.165, 1.54) is 11.3 Å². The van der Waals surface area contributed by atoms with Crippen LogP contribution in [0.2, 0.25) is 10.0 Å². The molecule has 1 aromatic carbocycles. The van der Waals surface area contributed by atoms with E-state index in [2.05, 4.69) is 5.16 Å². The molecule has 0 unspecified atom stereocenters. The highest BCUT2D eigenvalue weighted by Crippen LogP contribution is 2.22. The summed E-state index contributed by atoms with van der Waals surface area (Å²) in [4.78, 5) is 16.7. The largest absolute Gasteiger partial charge is 0.380 e. The van der Waals surface area contributed by atoms with Gasteiger partial charge in [-0.1, -0.05) is 28.4 Å². The summed E-state index contributed by atoms with van der Waals surface area (Å²) in [6, 6.07) is 8.28. The molecule has 0 amide bonds. The molecular weight excluding hydrogens is 307 g/mol. The quantitative estimate of drug-likeness (QED) is 0.408. The molecule has 0 aliphatic heterocycles. The number of nitrogens with two attached hydrogens (primary N) is 1. The molecule has 0 spiro atoms. The number of oxime groups is 1. The van der Waals surface area contributed by atoms with Gasteiger partial charge in [0.25, 0.3) is 0 Å². The predicted octanol–water partition coefficient (Wildman–Crippen LogP) is 3.53. The smallest absolute Gasteiger partial charge is 0.377 e. The van der Waals surface area contributed by atoms with Crippen molar-refractivity contribution in [3.63, 3.8) is 0 Å². The molecular formula is C12H8Cl2N2O2S. The van der Waals surface area contributed by atoms with E-state index < -0.39 is 5.97 Å². The minimum atomic E-state index is -0.642. The van der Waals surface area contributed by atoms with Gasteiger partial charge in [0.1, 0.15) is 4.88 Å². The Balaban J connectivity index is 2.08. The van der Waals surface area contributed by atoms with Gasteiger partial charge in [-0.2, -0.15) is 0 Å². The Kier molecular flexibility index (Phi) is 4.42. The molecule has 98 valence electrons. The summed E-state index contributed by atoms with van der Waals surface area (Å²) in [5.41, 5.74) is 6.29. The molecule has 0 saturated carbocycles. The van der Waals surface area contributed by atoms with Crippen LogP contribution in [0.4, 0.5) is 0 Å². The van der Waals surface area contributed by atoms with E-state index in [1.54, 1.807) is 35.7 Å². The SMILES string of the molecule is NC(=NOC(=O)c1sccc1Cl)c1ccc(Cl)cc1. The number of halogens is 2. The van der Waals surface area contributed by atoms with Crippen LogP contribution in [0.25, 0.3) is 0 Å². The van der Waals surface area contributed by atoms with E-state index in [0.29, 0.717) is 15.6 Å². The number of rotatable bonds is 3. The predicted molar refractivity (Wildman–Crippen MR) is 76.9 cm³/mol. The normalized spacial score (nSPS) is 11.4. The highest BCUT2D eigenvalue weighted by Gasteiger charge is 2.13. The van der Waals surface area contributed by atoms with E-state index in [-0.39, 0.29) is 10.7 Å². The first-order valence-electron chi connectivity index (χ1n) is 5.11. The van der Waals surface area contributed by atoms with Crippen LogP contribution < -0.4 is 5.73 Å². The highest BCUT2D eigenvalue weighted by atomic mass is 35.5. The summed E-state index contributed by atoms with van der Waals surface area (Å²) in [7, 11) is 0. The number of thiophene rings is 1. The van der Waals surface area contributed by atoms with Crippen molar-refractivity contribution in [1.29, 1.82) is 0 Å². The first-order valence-corrected chi connectivity index (χ1v) is 6.75. The third-order valence-electron chi connectivity index (χ3n) is 2.17. The van der Waals surface area contributed by atoms with Crippen molar-refractivity contribution >= 4 is 46.3 Å². The van der Waals surface area contributed by atoms with Crippen molar-refractivity contribution in [2.75, 3.05) is 0 Å². The second-order valence-electron chi connectivity index (χ2n) is 3.46. The Morgan fingerprint density at radius 1 is 1.21 bits per heavy atom. The molecule has 7 heteroatoms. The van der Waals surface area contributed by atoms with Gasteiger partial charge in [0, 0.05) is 10.6 Å². The van der Waals surface area contributed by atoms with Gasteiger partial charge in [0.15, 0.2) is 5.84 Å². The Hall–Kier alpha value is -1.56. The first kappa shape index (κ1) is 13.9. The molecule has 2 aromatic rings. The van der Waals surface area contributed by atoms with Crippen LogP contribution in [-0.4, -0.2) is 11.8 Å². The lowest BCUT2D eigenvalue weighted by atomic mass is 10.2. The molecule has 2 N–H and O–H groups in total. The fourth-order valence-corrected chi connectivity index (χ4v) is 2.37. The van der Waals surface area contributed by atoms with Gasteiger partial charge in [-0.15, -0.1) is 11.3 Å². The maximum atomic E-state index is 11.6. The third-order valence-corrected chi connectivity index (χ3v) is 3.74. The van der Waals surface area contributed by atoms with Crippen molar-refractivity contribution in [3.8, 4) is 0 Å². The second kappa shape index (κ2) is 6.06. The molecule has 0 atom stereocenters. The van der Waals surface area contributed by atoms with Crippen molar-refractivity contribution in [2.24, 2.45) is 10.9 Å². The van der Waals surface area contributed by atoms with E-state index in [0.717, 1.165) is 0 Å². The number of benzene rings is 1. The summed E-state index contributed by atoms with van der Waals surface area (Å²) in [6.45, 7) is 0. The number of carbonyl (C=O) groups is 1. The van der Waals surface area contributed by atoms with Crippen LogP contribution in [0.5, 0.6) is 0 Å². The zero-order chi connectivity index (χ0) is 13.8. The van der Waals surface area contributed by atoms with Crippen LogP contribution in [0.15, 0.2) is 40.9 Å². The van der Waals surface area contributed by atoms with Crippen LogP contribution >= 0.6 is 34.5 Å². The molecule has 0 fully saturated rings. The molecule has 19 heavy (non-hydrogen) atoms. The van der Waals surface area contributed by atoms with Gasteiger partial charge in [-0.3, -0.25) is 0 Å². The van der Waals surface area contributed by atoms with Crippen molar-refractivity contribution in [1.82, 2.24) is 0 Å². The van der Waals surface area contributed by atoms with Crippen molar-refractivity contribution in [3.05, 3.63) is 56.2 Å². The van der Waals surface area contributed by atoms with Gasteiger partial charge in [0.05, 0.1) is 5.02 Å². The summed E-state index contributed by atoms with van der Waals surface area (Å²) in [5.74, 6) is -0.561. The average Bonchev–Trinajstić information content (AvgIpc) is 2.83. The number of carbonyl (C=O) groups excluding carboxylic acids is 1. The van der Waals surface area contributed by atoms with Crippen molar-refractivity contribution < 1.29 is 9.63 Å². The number of hydrogen-bond acceptors (Lipinski definition) is 4. The van der Waals surface area contributed by atoms with E-state index in [4.69, 9.17) is 33.8 Å². The summed E-state index contributed by atoms with van der Waals surface area (Å²) in [6.07, 6.45) is 0. The van der Waals surface area contributed by atoms with E-state index in [9.17, 15) is 4.79 Å². The monoisotopic (exact) mass is 314 g/mol. The summed E-state index contributed by atoms with van der Waals surface area (Å²) >= 11 is 12.7. The first-order chi connectivity index (χ1) is 9.08. The maximum absolute atomic E-state index is 11.6. The third kappa shape index (κ3) is 3.47. The minimum Gasteiger partial charge on any atom is -0.380 e. The molecule has 0 saturated heterocycles.